The molecular weight excluding hydrogens is 241 g/mol. The highest BCUT2D eigenvalue weighted by atomic mass is 19.1. The van der Waals surface area contributed by atoms with Gasteiger partial charge in [0.2, 0.25) is 5.91 Å². The van der Waals surface area contributed by atoms with Crippen molar-refractivity contribution in [1.82, 2.24) is 5.32 Å². The van der Waals surface area contributed by atoms with Gasteiger partial charge in [-0.2, -0.15) is 0 Å². The van der Waals surface area contributed by atoms with Crippen molar-refractivity contribution in [1.29, 1.82) is 0 Å². The Balaban J connectivity index is 2.29. The minimum absolute atomic E-state index is 0.00807. The number of ether oxygens (including phenoxy) is 1. The molecule has 0 saturated heterocycles. The molecule has 0 aliphatic heterocycles. The lowest BCUT2D eigenvalue weighted by molar-refractivity contribution is -0.141. The summed E-state index contributed by atoms with van der Waals surface area (Å²) in [5.74, 6) is -1.62. The van der Waals surface area contributed by atoms with Gasteiger partial charge in [-0.3, -0.25) is 9.59 Å². The zero-order chi connectivity index (χ0) is 13.5. The third-order valence-corrected chi connectivity index (χ3v) is 2.14. The van der Waals surface area contributed by atoms with Crippen LogP contribution in [0, 0.1) is 5.82 Å². The zero-order valence-electron chi connectivity index (χ0n) is 9.85. The standard InChI is InChI=1S/C12H14FNO4/c1-8(12(16)17)14-11(15)5-6-18-10-4-2-3-9(13)7-10/h2-4,7-8H,5-6H2,1H3,(H,14,15)(H,16,17). The van der Waals surface area contributed by atoms with E-state index in [4.69, 9.17) is 9.84 Å². The van der Waals surface area contributed by atoms with Gasteiger partial charge < -0.3 is 15.2 Å². The number of carboxylic acids is 1. The summed E-state index contributed by atoms with van der Waals surface area (Å²) in [7, 11) is 0. The van der Waals surface area contributed by atoms with Crippen molar-refractivity contribution in [2.24, 2.45) is 0 Å². The van der Waals surface area contributed by atoms with Gasteiger partial charge in [-0.05, 0) is 19.1 Å². The van der Waals surface area contributed by atoms with Crippen molar-refractivity contribution in [3.63, 3.8) is 0 Å². The quantitative estimate of drug-likeness (QED) is 0.800. The number of benzene rings is 1. The minimum atomic E-state index is -1.10. The smallest absolute Gasteiger partial charge is 0.325 e. The van der Waals surface area contributed by atoms with Crippen LogP contribution in [-0.2, 0) is 9.59 Å². The molecule has 1 amide bonds. The van der Waals surface area contributed by atoms with Crippen LogP contribution in [0.1, 0.15) is 13.3 Å². The monoisotopic (exact) mass is 255 g/mol. The van der Waals surface area contributed by atoms with E-state index in [0.717, 1.165) is 0 Å². The Morgan fingerprint density at radius 1 is 1.50 bits per heavy atom. The molecule has 6 heteroatoms. The van der Waals surface area contributed by atoms with Crippen molar-refractivity contribution < 1.29 is 23.8 Å². The first-order valence-electron chi connectivity index (χ1n) is 5.39. The lowest BCUT2D eigenvalue weighted by Crippen LogP contribution is -2.38. The fraction of sp³-hybridized carbons (Fsp3) is 0.333. The van der Waals surface area contributed by atoms with Crippen molar-refractivity contribution in [3.05, 3.63) is 30.1 Å². The Morgan fingerprint density at radius 2 is 2.22 bits per heavy atom. The number of carboxylic acid groups (broad SMARTS) is 1. The molecule has 5 nitrogen and oxygen atoms in total. The lowest BCUT2D eigenvalue weighted by atomic mass is 10.3. The molecule has 1 rings (SSSR count). The maximum absolute atomic E-state index is 12.8. The van der Waals surface area contributed by atoms with E-state index in [2.05, 4.69) is 5.32 Å². The number of hydrogen-bond acceptors (Lipinski definition) is 3. The van der Waals surface area contributed by atoms with Crippen LogP contribution in [0.3, 0.4) is 0 Å². The predicted octanol–water partition coefficient (Wildman–Crippen LogP) is 1.18. The van der Waals surface area contributed by atoms with Crippen LogP contribution in [0.4, 0.5) is 4.39 Å². The van der Waals surface area contributed by atoms with Gasteiger partial charge >= 0.3 is 5.97 Å². The number of halogens is 1. The van der Waals surface area contributed by atoms with Crippen molar-refractivity contribution in [2.75, 3.05) is 6.61 Å². The van der Waals surface area contributed by atoms with Gasteiger partial charge in [-0.15, -0.1) is 0 Å². The molecule has 0 bridgehead atoms. The summed E-state index contributed by atoms with van der Waals surface area (Å²) in [4.78, 5) is 21.8. The summed E-state index contributed by atoms with van der Waals surface area (Å²) < 4.78 is 17.9. The van der Waals surface area contributed by atoms with Crippen molar-refractivity contribution in [2.45, 2.75) is 19.4 Å². The minimum Gasteiger partial charge on any atom is -0.493 e. The Bertz CT molecular complexity index is 436. The molecule has 2 N–H and O–H groups in total. The van der Waals surface area contributed by atoms with E-state index in [9.17, 15) is 14.0 Å². The molecule has 1 atom stereocenters. The highest BCUT2D eigenvalue weighted by Crippen LogP contribution is 2.11. The molecule has 0 aliphatic carbocycles. The molecule has 98 valence electrons. The normalized spacial score (nSPS) is 11.7. The maximum atomic E-state index is 12.8. The largest absolute Gasteiger partial charge is 0.493 e. The third kappa shape index (κ3) is 4.82. The van der Waals surface area contributed by atoms with E-state index in [1.54, 1.807) is 6.07 Å². The first-order chi connectivity index (χ1) is 8.49. The summed E-state index contributed by atoms with van der Waals surface area (Å²) in [6, 6.07) is 4.62. The SMILES string of the molecule is CC(NC(=O)CCOc1cccc(F)c1)C(=O)O. The average molecular weight is 255 g/mol. The van der Waals surface area contributed by atoms with Gasteiger partial charge in [0.05, 0.1) is 13.0 Å². The van der Waals surface area contributed by atoms with Crippen LogP contribution in [0.5, 0.6) is 5.75 Å². The number of hydrogen-bond donors (Lipinski definition) is 2. The van der Waals surface area contributed by atoms with Gasteiger partial charge in [-0.25, -0.2) is 4.39 Å². The van der Waals surface area contributed by atoms with E-state index in [1.807, 2.05) is 0 Å². The fourth-order valence-electron chi connectivity index (χ4n) is 1.19. The summed E-state index contributed by atoms with van der Waals surface area (Å²) in [6.45, 7) is 1.43. The number of aliphatic carboxylic acids is 1. The lowest BCUT2D eigenvalue weighted by Gasteiger charge is -2.09. The summed E-state index contributed by atoms with van der Waals surface area (Å²) >= 11 is 0. The first-order valence-corrected chi connectivity index (χ1v) is 5.39. The molecule has 0 saturated carbocycles. The van der Waals surface area contributed by atoms with Crippen LogP contribution in [0.2, 0.25) is 0 Å². The Hall–Kier alpha value is -2.11. The number of amides is 1. The van der Waals surface area contributed by atoms with E-state index in [-0.39, 0.29) is 13.0 Å². The summed E-state index contributed by atoms with van der Waals surface area (Å²) in [5.41, 5.74) is 0. The van der Waals surface area contributed by atoms with Crippen LogP contribution >= 0.6 is 0 Å². The molecule has 18 heavy (non-hydrogen) atoms. The Kier molecular flexibility index (Phi) is 5.10. The molecule has 0 aliphatic rings. The van der Waals surface area contributed by atoms with Crippen LogP contribution in [-0.4, -0.2) is 29.6 Å². The number of carbonyl (C=O) groups is 2. The molecule has 0 spiro atoms. The van der Waals surface area contributed by atoms with Crippen molar-refractivity contribution in [3.8, 4) is 5.75 Å². The van der Waals surface area contributed by atoms with Gasteiger partial charge in [0, 0.05) is 6.07 Å². The molecule has 1 aromatic rings. The van der Waals surface area contributed by atoms with Crippen LogP contribution < -0.4 is 10.1 Å². The second kappa shape index (κ2) is 6.58. The number of nitrogens with one attached hydrogen (secondary N) is 1. The van der Waals surface area contributed by atoms with Gasteiger partial charge in [0.25, 0.3) is 0 Å². The zero-order valence-corrected chi connectivity index (χ0v) is 9.85. The molecule has 0 aromatic heterocycles. The van der Waals surface area contributed by atoms with Gasteiger partial charge in [0.15, 0.2) is 0 Å². The second-order valence-electron chi connectivity index (χ2n) is 3.68. The van der Waals surface area contributed by atoms with E-state index >= 15 is 0 Å². The molecule has 0 fully saturated rings. The summed E-state index contributed by atoms with van der Waals surface area (Å²) in [6.07, 6.45) is 0.00807. The first kappa shape index (κ1) is 14.0. The van der Waals surface area contributed by atoms with E-state index in [0.29, 0.717) is 5.75 Å². The Labute approximate surface area is 104 Å². The Morgan fingerprint density at radius 3 is 2.83 bits per heavy atom. The second-order valence-corrected chi connectivity index (χ2v) is 3.68. The number of carbonyl (C=O) groups excluding carboxylic acids is 1. The molecule has 0 radical (unpaired) electrons. The highest BCUT2D eigenvalue weighted by Gasteiger charge is 2.13. The van der Waals surface area contributed by atoms with Gasteiger partial charge in [-0.1, -0.05) is 6.07 Å². The topological polar surface area (TPSA) is 75.6 Å². The predicted molar refractivity (Wildman–Crippen MR) is 61.8 cm³/mol. The molecule has 1 unspecified atom stereocenters. The molecule has 0 heterocycles. The maximum Gasteiger partial charge on any atom is 0.325 e. The molecule has 1 aromatic carbocycles. The molecular formula is C12H14FNO4. The van der Waals surface area contributed by atoms with Gasteiger partial charge in [0.1, 0.15) is 17.6 Å². The van der Waals surface area contributed by atoms with Crippen molar-refractivity contribution >= 4 is 11.9 Å². The highest BCUT2D eigenvalue weighted by molar-refractivity contribution is 5.83. The summed E-state index contributed by atoms with van der Waals surface area (Å²) in [5, 5.41) is 10.9. The third-order valence-electron chi connectivity index (χ3n) is 2.14. The number of rotatable bonds is 6. The van der Waals surface area contributed by atoms with Crippen LogP contribution in [0.25, 0.3) is 0 Å². The van der Waals surface area contributed by atoms with E-state index in [1.165, 1.54) is 25.1 Å². The van der Waals surface area contributed by atoms with E-state index < -0.39 is 23.7 Å². The average Bonchev–Trinajstić information content (AvgIpc) is 2.28. The fourth-order valence-corrected chi connectivity index (χ4v) is 1.19. The van der Waals surface area contributed by atoms with Crippen LogP contribution in [0.15, 0.2) is 24.3 Å².